The van der Waals surface area contributed by atoms with Crippen LogP contribution in [0.4, 0.5) is 5.69 Å². The van der Waals surface area contributed by atoms with E-state index >= 15 is 0 Å². The van der Waals surface area contributed by atoms with Crippen LogP contribution in [0.25, 0.3) is 0 Å². The molecule has 1 amide bonds. The molecule has 34 heavy (non-hydrogen) atoms. The van der Waals surface area contributed by atoms with Gasteiger partial charge in [0.1, 0.15) is 5.69 Å². The minimum absolute atomic E-state index is 0.00713. The summed E-state index contributed by atoms with van der Waals surface area (Å²) in [6, 6.07) is 8.17. The van der Waals surface area contributed by atoms with Gasteiger partial charge in [0.05, 0.1) is 11.6 Å². The van der Waals surface area contributed by atoms with E-state index in [0.29, 0.717) is 23.9 Å². The van der Waals surface area contributed by atoms with Crippen molar-refractivity contribution in [3.05, 3.63) is 45.9 Å². The SMILES string of the molecule is CC(C)(C)c1ccccc1NCC(=O)c1csc(C2CCN(C(=O)CCC3CCCC3)CC2)n1. The van der Waals surface area contributed by atoms with Crippen LogP contribution < -0.4 is 5.32 Å². The molecular formula is C28H39N3O2S. The quantitative estimate of drug-likeness (QED) is 0.442. The summed E-state index contributed by atoms with van der Waals surface area (Å²) >= 11 is 1.59. The first-order chi connectivity index (χ1) is 16.3. The van der Waals surface area contributed by atoms with E-state index in [1.54, 1.807) is 11.3 Å². The molecule has 2 heterocycles. The third-order valence-electron chi connectivity index (χ3n) is 7.42. The highest BCUT2D eigenvalue weighted by Gasteiger charge is 2.27. The van der Waals surface area contributed by atoms with Crippen LogP contribution in [0.2, 0.25) is 0 Å². The van der Waals surface area contributed by atoms with Crippen molar-refractivity contribution in [3.63, 3.8) is 0 Å². The summed E-state index contributed by atoms with van der Waals surface area (Å²) in [6.45, 7) is 8.39. The zero-order valence-electron chi connectivity index (χ0n) is 20.9. The first-order valence-electron chi connectivity index (χ1n) is 12.9. The number of thiazole rings is 1. The smallest absolute Gasteiger partial charge is 0.222 e. The van der Waals surface area contributed by atoms with Gasteiger partial charge in [0.15, 0.2) is 0 Å². The maximum Gasteiger partial charge on any atom is 0.222 e. The van der Waals surface area contributed by atoms with Crippen LogP contribution in [0.5, 0.6) is 0 Å². The van der Waals surface area contributed by atoms with Gasteiger partial charge in [0.25, 0.3) is 0 Å². The fraction of sp³-hybridized carbons (Fsp3) is 0.607. The molecule has 0 spiro atoms. The maximum atomic E-state index is 12.8. The van der Waals surface area contributed by atoms with Crippen LogP contribution in [0.1, 0.15) is 99.1 Å². The molecule has 1 aliphatic heterocycles. The van der Waals surface area contributed by atoms with Gasteiger partial charge >= 0.3 is 0 Å². The largest absolute Gasteiger partial charge is 0.377 e. The summed E-state index contributed by atoms with van der Waals surface area (Å²) in [7, 11) is 0. The number of rotatable bonds is 8. The monoisotopic (exact) mass is 481 g/mol. The summed E-state index contributed by atoms with van der Waals surface area (Å²) in [6.07, 6.45) is 8.92. The highest BCUT2D eigenvalue weighted by molar-refractivity contribution is 7.09. The Bertz CT molecular complexity index is 980. The Kier molecular flexibility index (Phi) is 8.07. The lowest BCUT2D eigenvalue weighted by Gasteiger charge is -2.31. The van der Waals surface area contributed by atoms with E-state index in [-0.39, 0.29) is 17.7 Å². The molecule has 6 heteroatoms. The van der Waals surface area contributed by atoms with Crippen molar-refractivity contribution < 1.29 is 9.59 Å². The summed E-state index contributed by atoms with van der Waals surface area (Å²) in [5.41, 5.74) is 2.76. The second-order valence-corrected chi connectivity index (χ2v) is 11.9. The number of Topliss-reactive ketones (excluding diaryl/α,β-unsaturated/α-hetero) is 1. The number of nitrogens with one attached hydrogen (secondary N) is 1. The molecule has 184 valence electrons. The molecule has 2 aromatic rings. The van der Waals surface area contributed by atoms with Gasteiger partial charge in [0, 0.05) is 36.5 Å². The van der Waals surface area contributed by atoms with Crippen LogP contribution >= 0.6 is 11.3 Å². The first-order valence-corrected chi connectivity index (χ1v) is 13.8. The molecule has 2 fully saturated rings. The van der Waals surface area contributed by atoms with Crippen molar-refractivity contribution in [2.45, 2.75) is 83.5 Å². The van der Waals surface area contributed by atoms with Crippen LogP contribution in [-0.4, -0.2) is 41.2 Å². The average Bonchev–Trinajstić information content (AvgIpc) is 3.53. The molecule has 5 nitrogen and oxygen atoms in total. The zero-order chi connectivity index (χ0) is 24.1. The first kappa shape index (κ1) is 24.9. The van der Waals surface area contributed by atoms with E-state index in [4.69, 9.17) is 4.98 Å². The molecule has 4 rings (SSSR count). The van der Waals surface area contributed by atoms with Crippen molar-refractivity contribution in [1.82, 2.24) is 9.88 Å². The number of amides is 1. The van der Waals surface area contributed by atoms with Crippen molar-refractivity contribution in [2.24, 2.45) is 5.92 Å². The van der Waals surface area contributed by atoms with Crippen LogP contribution in [-0.2, 0) is 10.2 Å². The van der Waals surface area contributed by atoms with E-state index in [2.05, 4.69) is 32.2 Å². The Morgan fingerprint density at radius 3 is 2.50 bits per heavy atom. The zero-order valence-corrected chi connectivity index (χ0v) is 21.8. The number of carbonyl (C=O) groups is 2. The van der Waals surface area contributed by atoms with Crippen molar-refractivity contribution in [3.8, 4) is 0 Å². The summed E-state index contributed by atoms with van der Waals surface area (Å²) in [5.74, 6) is 1.46. The van der Waals surface area contributed by atoms with Gasteiger partial charge in [0.2, 0.25) is 11.7 Å². The summed E-state index contributed by atoms with van der Waals surface area (Å²) in [4.78, 5) is 32.2. The molecule has 1 aromatic heterocycles. The number of ketones is 1. The van der Waals surface area contributed by atoms with Crippen molar-refractivity contribution >= 4 is 28.7 Å². The fourth-order valence-corrected chi connectivity index (χ4v) is 6.32. The minimum Gasteiger partial charge on any atom is -0.377 e. The third kappa shape index (κ3) is 6.26. The molecule has 2 aliphatic rings. The molecule has 1 saturated carbocycles. The van der Waals surface area contributed by atoms with Crippen LogP contribution in [0.3, 0.4) is 0 Å². The van der Waals surface area contributed by atoms with Gasteiger partial charge in [-0.2, -0.15) is 0 Å². The Hall–Kier alpha value is -2.21. The Morgan fingerprint density at radius 1 is 1.09 bits per heavy atom. The number of piperidine rings is 1. The van der Waals surface area contributed by atoms with E-state index in [1.807, 2.05) is 28.5 Å². The Morgan fingerprint density at radius 2 is 1.79 bits per heavy atom. The highest BCUT2D eigenvalue weighted by Crippen LogP contribution is 2.33. The summed E-state index contributed by atoms with van der Waals surface area (Å²) < 4.78 is 0. The molecule has 0 radical (unpaired) electrons. The number of aromatic nitrogens is 1. The van der Waals surface area contributed by atoms with Crippen LogP contribution in [0, 0.1) is 5.92 Å². The lowest BCUT2D eigenvalue weighted by molar-refractivity contribution is -0.132. The minimum atomic E-state index is 0.00713. The highest BCUT2D eigenvalue weighted by atomic mass is 32.1. The Labute approximate surface area is 208 Å². The van der Waals surface area contributed by atoms with E-state index < -0.39 is 0 Å². The fourth-order valence-electron chi connectivity index (χ4n) is 5.32. The molecule has 1 aromatic carbocycles. The predicted octanol–water partition coefficient (Wildman–Crippen LogP) is 6.41. The number of nitrogens with zero attached hydrogens (tertiary/aromatic N) is 2. The molecule has 0 bridgehead atoms. The standard InChI is InChI=1S/C28H39N3O2S/c1-28(2,3)22-10-6-7-11-23(22)29-18-25(32)24-19-34-27(30-24)21-14-16-31(17-15-21)26(33)13-12-20-8-4-5-9-20/h6-7,10-11,19-21,29H,4-5,8-9,12-18H2,1-3H3. The molecular weight excluding hydrogens is 442 g/mol. The number of carbonyl (C=O) groups excluding carboxylic acids is 2. The molecule has 1 aliphatic carbocycles. The number of hydrogen-bond acceptors (Lipinski definition) is 5. The molecule has 0 unspecified atom stereocenters. The van der Waals surface area contributed by atoms with Crippen molar-refractivity contribution in [2.75, 3.05) is 25.0 Å². The molecule has 0 atom stereocenters. The number of benzene rings is 1. The lowest BCUT2D eigenvalue weighted by atomic mass is 9.86. The molecule has 1 N–H and O–H groups in total. The number of likely N-dealkylation sites (tertiary alicyclic amines) is 1. The van der Waals surface area contributed by atoms with Gasteiger partial charge in [-0.1, -0.05) is 64.7 Å². The topological polar surface area (TPSA) is 62.3 Å². The van der Waals surface area contributed by atoms with Gasteiger partial charge in [-0.3, -0.25) is 9.59 Å². The molecule has 1 saturated heterocycles. The van der Waals surface area contributed by atoms with E-state index in [0.717, 1.165) is 49.0 Å². The third-order valence-corrected chi connectivity index (χ3v) is 8.43. The van der Waals surface area contributed by atoms with Crippen LogP contribution in [0.15, 0.2) is 29.6 Å². The van der Waals surface area contributed by atoms with Crippen molar-refractivity contribution in [1.29, 1.82) is 0 Å². The second kappa shape index (κ2) is 11.0. The Balaban J connectivity index is 1.26. The van der Waals surface area contributed by atoms with Gasteiger partial charge in [-0.15, -0.1) is 11.3 Å². The number of para-hydroxylation sites is 1. The number of anilines is 1. The van der Waals surface area contributed by atoms with E-state index in [9.17, 15) is 9.59 Å². The van der Waals surface area contributed by atoms with Gasteiger partial charge in [-0.05, 0) is 42.2 Å². The normalized spacial score (nSPS) is 17.8. The van der Waals surface area contributed by atoms with Gasteiger partial charge < -0.3 is 10.2 Å². The predicted molar refractivity (Wildman–Crippen MR) is 140 cm³/mol. The lowest BCUT2D eigenvalue weighted by Crippen LogP contribution is -2.38. The number of hydrogen-bond donors (Lipinski definition) is 1. The second-order valence-electron chi connectivity index (χ2n) is 11.0. The van der Waals surface area contributed by atoms with E-state index in [1.165, 1.54) is 31.2 Å². The average molecular weight is 482 g/mol. The van der Waals surface area contributed by atoms with Gasteiger partial charge in [-0.25, -0.2) is 4.98 Å². The maximum absolute atomic E-state index is 12.8. The summed E-state index contributed by atoms with van der Waals surface area (Å²) in [5, 5.41) is 6.26.